The molecular formula is C9H12ClNO2S. The fraction of sp³-hybridized carbons (Fsp3) is 0.444. The molecule has 1 aromatic rings. The Bertz CT molecular complexity index is 322. The fourth-order valence-corrected chi connectivity index (χ4v) is 1.55. The maximum Gasteiger partial charge on any atom is 0.123 e. The van der Waals surface area contributed by atoms with Gasteiger partial charge in [0.2, 0.25) is 0 Å². The van der Waals surface area contributed by atoms with Gasteiger partial charge in [-0.05, 0) is 18.6 Å². The minimum Gasteiger partial charge on any atom is -0.389 e. The van der Waals surface area contributed by atoms with Gasteiger partial charge in [-0.1, -0.05) is 11.6 Å². The summed E-state index contributed by atoms with van der Waals surface area (Å²) in [7, 11) is 0. The third-order valence-electron chi connectivity index (χ3n) is 1.92. The summed E-state index contributed by atoms with van der Waals surface area (Å²) >= 11 is 9.61. The highest BCUT2D eigenvalue weighted by Gasteiger charge is 2.19. The molecule has 0 amide bonds. The van der Waals surface area contributed by atoms with Crippen LogP contribution in [0, 0.1) is 6.92 Å². The van der Waals surface area contributed by atoms with Crippen LogP contribution in [-0.4, -0.2) is 27.1 Å². The fourth-order valence-electron chi connectivity index (χ4n) is 1.14. The number of nitrogens with zero attached hydrogens (tertiary/aromatic N) is 1. The zero-order valence-electron chi connectivity index (χ0n) is 7.68. The van der Waals surface area contributed by atoms with Crippen molar-refractivity contribution in [1.82, 2.24) is 4.98 Å². The van der Waals surface area contributed by atoms with Crippen LogP contribution in [0.25, 0.3) is 0 Å². The molecule has 0 radical (unpaired) electrons. The lowest BCUT2D eigenvalue weighted by molar-refractivity contribution is 0.0306. The van der Waals surface area contributed by atoms with Crippen molar-refractivity contribution < 1.29 is 10.2 Å². The summed E-state index contributed by atoms with van der Waals surface area (Å²) in [6, 6.07) is 1.69. The van der Waals surface area contributed by atoms with E-state index in [1.165, 1.54) is 6.20 Å². The SMILES string of the molecule is Cc1cc(Cl)cnc1C(O)C(O)CS. The molecule has 0 bridgehead atoms. The highest BCUT2D eigenvalue weighted by Crippen LogP contribution is 2.21. The van der Waals surface area contributed by atoms with Crippen molar-refractivity contribution in [2.75, 3.05) is 5.75 Å². The lowest BCUT2D eigenvalue weighted by Crippen LogP contribution is -2.21. The monoisotopic (exact) mass is 233 g/mol. The van der Waals surface area contributed by atoms with Crippen LogP contribution in [0.5, 0.6) is 0 Å². The van der Waals surface area contributed by atoms with Crippen molar-refractivity contribution in [3.8, 4) is 0 Å². The molecule has 0 saturated heterocycles. The number of hydrogen-bond donors (Lipinski definition) is 3. The highest BCUT2D eigenvalue weighted by molar-refractivity contribution is 7.80. The molecule has 1 aromatic heterocycles. The molecular weight excluding hydrogens is 222 g/mol. The van der Waals surface area contributed by atoms with E-state index >= 15 is 0 Å². The molecule has 14 heavy (non-hydrogen) atoms. The topological polar surface area (TPSA) is 53.4 Å². The zero-order chi connectivity index (χ0) is 10.7. The van der Waals surface area contributed by atoms with Crippen LogP contribution in [0.2, 0.25) is 5.02 Å². The molecule has 78 valence electrons. The smallest absolute Gasteiger partial charge is 0.123 e. The Hall–Kier alpha value is -0.290. The number of aliphatic hydroxyl groups excluding tert-OH is 2. The number of pyridine rings is 1. The van der Waals surface area contributed by atoms with Gasteiger partial charge >= 0.3 is 0 Å². The molecule has 2 N–H and O–H groups in total. The number of rotatable bonds is 3. The molecule has 0 aliphatic carbocycles. The van der Waals surface area contributed by atoms with E-state index in [0.29, 0.717) is 10.7 Å². The zero-order valence-corrected chi connectivity index (χ0v) is 9.33. The Kier molecular flexibility index (Phi) is 4.19. The average Bonchev–Trinajstić information content (AvgIpc) is 2.15. The number of aromatic nitrogens is 1. The first kappa shape index (κ1) is 11.8. The molecule has 1 rings (SSSR count). The van der Waals surface area contributed by atoms with Gasteiger partial charge in [-0.25, -0.2) is 0 Å². The van der Waals surface area contributed by atoms with E-state index < -0.39 is 12.2 Å². The molecule has 5 heteroatoms. The summed E-state index contributed by atoms with van der Waals surface area (Å²) in [5, 5.41) is 19.5. The minimum atomic E-state index is -1.01. The lowest BCUT2D eigenvalue weighted by Gasteiger charge is -2.16. The molecule has 0 aromatic carbocycles. The van der Waals surface area contributed by atoms with Gasteiger partial charge < -0.3 is 10.2 Å². The Morgan fingerprint density at radius 2 is 2.21 bits per heavy atom. The van der Waals surface area contributed by atoms with Crippen molar-refractivity contribution in [1.29, 1.82) is 0 Å². The first-order valence-electron chi connectivity index (χ1n) is 4.15. The molecule has 0 aliphatic rings. The van der Waals surface area contributed by atoms with Gasteiger partial charge in [0.1, 0.15) is 6.10 Å². The molecule has 0 spiro atoms. The maximum absolute atomic E-state index is 9.66. The van der Waals surface area contributed by atoms with Crippen LogP contribution in [0.15, 0.2) is 12.3 Å². The van der Waals surface area contributed by atoms with Crippen LogP contribution < -0.4 is 0 Å². The summed E-state index contributed by atoms with van der Waals surface area (Å²) in [5.41, 5.74) is 1.20. The van der Waals surface area contributed by atoms with E-state index in [4.69, 9.17) is 11.6 Å². The number of aliphatic hydroxyl groups is 2. The summed E-state index contributed by atoms with van der Waals surface area (Å²) in [6.45, 7) is 1.78. The maximum atomic E-state index is 9.66. The van der Waals surface area contributed by atoms with E-state index in [-0.39, 0.29) is 5.75 Å². The molecule has 3 nitrogen and oxygen atoms in total. The molecule has 1 heterocycles. The van der Waals surface area contributed by atoms with Gasteiger partial charge in [-0.15, -0.1) is 0 Å². The van der Waals surface area contributed by atoms with Crippen LogP contribution in [0.3, 0.4) is 0 Å². The first-order valence-corrected chi connectivity index (χ1v) is 5.16. The van der Waals surface area contributed by atoms with Crippen LogP contribution in [0.4, 0.5) is 0 Å². The van der Waals surface area contributed by atoms with Crippen molar-refractivity contribution in [2.45, 2.75) is 19.1 Å². The van der Waals surface area contributed by atoms with Crippen LogP contribution in [0.1, 0.15) is 17.4 Å². The second-order valence-corrected chi connectivity index (χ2v) is 3.85. The molecule has 2 unspecified atom stereocenters. The third kappa shape index (κ3) is 2.60. The lowest BCUT2D eigenvalue weighted by atomic mass is 10.1. The van der Waals surface area contributed by atoms with E-state index in [0.717, 1.165) is 5.56 Å². The molecule has 0 fully saturated rings. The normalized spacial score (nSPS) is 15.2. The molecule has 0 saturated carbocycles. The van der Waals surface area contributed by atoms with E-state index in [9.17, 15) is 10.2 Å². The average molecular weight is 234 g/mol. The Morgan fingerprint density at radius 3 is 2.71 bits per heavy atom. The number of hydrogen-bond acceptors (Lipinski definition) is 4. The predicted molar refractivity (Wildman–Crippen MR) is 58.8 cm³/mol. The Morgan fingerprint density at radius 1 is 1.57 bits per heavy atom. The Balaban J connectivity index is 2.95. The molecule has 0 aliphatic heterocycles. The van der Waals surface area contributed by atoms with Gasteiger partial charge in [0.15, 0.2) is 0 Å². The second kappa shape index (κ2) is 4.98. The number of aryl methyl sites for hydroxylation is 1. The van der Waals surface area contributed by atoms with Gasteiger partial charge in [-0.3, -0.25) is 4.98 Å². The van der Waals surface area contributed by atoms with Crippen molar-refractivity contribution in [2.24, 2.45) is 0 Å². The summed E-state index contributed by atoms with van der Waals surface area (Å²) in [6.07, 6.45) is -0.478. The van der Waals surface area contributed by atoms with Crippen molar-refractivity contribution >= 4 is 24.2 Å². The highest BCUT2D eigenvalue weighted by atomic mass is 35.5. The van der Waals surface area contributed by atoms with E-state index in [1.54, 1.807) is 13.0 Å². The number of halogens is 1. The van der Waals surface area contributed by atoms with Crippen LogP contribution >= 0.6 is 24.2 Å². The number of thiol groups is 1. The Labute approximate surface area is 93.2 Å². The van der Waals surface area contributed by atoms with Crippen LogP contribution in [-0.2, 0) is 0 Å². The minimum absolute atomic E-state index is 0.185. The van der Waals surface area contributed by atoms with E-state index in [1.807, 2.05) is 0 Å². The first-order chi connectivity index (χ1) is 6.56. The summed E-state index contributed by atoms with van der Waals surface area (Å²) in [5.74, 6) is 0.185. The van der Waals surface area contributed by atoms with Gasteiger partial charge in [0, 0.05) is 11.9 Å². The van der Waals surface area contributed by atoms with Gasteiger partial charge in [-0.2, -0.15) is 12.6 Å². The van der Waals surface area contributed by atoms with E-state index in [2.05, 4.69) is 17.6 Å². The predicted octanol–water partition coefficient (Wildman–Crippen LogP) is 1.37. The van der Waals surface area contributed by atoms with Crippen molar-refractivity contribution in [3.05, 3.63) is 28.5 Å². The quantitative estimate of drug-likeness (QED) is 0.692. The third-order valence-corrected chi connectivity index (χ3v) is 2.50. The van der Waals surface area contributed by atoms with Crippen molar-refractivity contribution in [3.63, 3.8) is 0 Å². The molecule has 2 atom stereocenters. The standard InChI is InChI=1S/C9H12ClNO2S/c1-5-2-6(10)3-11-8(5)9(13)7(12)4-14/h2-3,7,9,12-14H,4H2,1H3. The van der Waals surface area contributed by atoms with Gasteiger partial charge in [0.05, 0.1) is 16.8 Å². The second-order valence-electron chi connectivity index (χ2n) is 3.05. The largest absolute Gasteiger partial charge is 0.389 e. The summed E-state index contributed by atoms with van der Waals surface area (Å²) in [4.78, 5) is 3.97. The van der Waals surface area contributed by atoms with Gasteiger partial charge in [0.25, 0.3) is 0 Å². The summed E-state index contributed by atoms with van der Waals surface area (Å²) < 4.78 is 0.